The topological polar surface area (TPSA) is 104 Å². The summed E-state index contributed by atoms with van der Waals surface area (Å²) in [6.45, 7) is 3.47. The summed E-state index contributed by atoms with van der Waals surface area (Å²) in [7, 11) is 5.08. The first kappa shape index (κ1) is 22.4. The summed E-state index contributed by atoms with van der Waals surface area (Å²) in [4.78, 5) is 20.2. The predicted octanol–water partition coefficient (Wildman–Crippen LogP) is 3.76. The molecular formula is C26H23N5O3. The Kier molecular flexibility index (Phi) is 6.19. The van der Waals surface area contributed by atoms with Crippen molar-refractivity contribution in [3.63, 3.8) is 0 Å². The molecule has 2 aromatic heterocycles. The van der Waals surface area contributed by atoms with Crippen molar-refractivity contribution < 1.29 is 14.3 Å². The number of nitrogens with two attached hydrogens (primary N) is 1. The number of hydrogen-bond acceptors (Lipinski definition) is 6. The molecule has 0 bridgehead atoms. The molecule has 0 atom stereocenters. The van der Waals surface area contributed by atoms with Crippen molar-refractivity contribution in [2.75, 3.05) is 25.3 Å². The molecule has 2 heterocycles. The Bertz CT molecular complexity index is 1440. The molecule has 0 saturated carbocycles. The van der Waals surface area contributed by atoms with E-state index in [9.17, 15) is 4.79 Å². The van der Waals surface area contributed by atoms with E-state index in [0.29, 0.717) is 39.6 Å². The Balaban J connectivity index is 1.88. The molecule has 0 aliphatic heterocycles. The average Bonchev–Trinajstić information content (AvgIpc) is 3.15. The number of aromatic nitrogens is 3. The molecule has 8 nitrogen and oxygen atoms in total. The number of anilines is 2. The minimum atomic E-state index is -0.277. The zero-order valence-corrected chi connectivity index (χ0v) is 19.0. The minimum Gasteiger partial charge on any atom is -0.497 e. The summed E-state index contributed by atoms with van der Waals surface area (Å²) in [6.07, 6.45) is 2.65. The van der Waals surface area contributed by atoms with Crippen molar-refractivity contribution in [2.24, 2.45) is 7.05 Å². The van der Waals surface area contributed by atoms with E-state index in [1.807, 2.05) is 48.0 Å². The van der Waals surface area contributed by atoms with E-state index in [-0.39, 0.29) is 5.91 Å². The predicted molar refractivity (Wildman–Crippen MR) is 133 cm³/mol. The van der Waals surface area contributed by atoms with E-state index in [4.69, 9.17) is 15.2 Å². The van der Waals surface area contributed by atoms with Crippen LogP contribution in [0.3, 0.4) is 0 Å². The van der Waals surface area contributed by atoms with E-state index < -0.39 is 0 Å². The summed E-state index contributed by atoms with van der Waals surface area (Å²) in [5.41, 5.74) is 10.7. The molecule has 3 N–H and O–H groups in total. The van der Waals surface area contributed by atoms with Crippen LogP contribution in [0.5, 0.6) is 11.5 Å². The maximum Gasteiger partial charge on any atom is 0.247 e. The van der Waals surface area contributed by atoms with Crippen molar-refractivity contribution in [3.05, 3.63) is 72.6 Å². The largest absolute Gasteiger partial charge is 0.497 e. The van der Waals surface area contributed by atoms with Crippen LogP contribution < -0.4 is 20.5 Å². The first-order valence-corrected chi connectivity index (χ1v) is 10.3. The lowest BCUT2D eigenvalue weighted by atomic mass is 10.0. The van der Waals surface area contributed by atoms with Gasteiger partial charge in [0.05, 0.1) is 30.9 Å². The molecule has 0 spiro atoms. The summed E-state index contributed by atoms with van der Waals surface area (Å²) in [5, 5.41) is 3.42. The summed E-state index contributed by atoms with van der Waals surface area (Å²) >= 11 is 0. The molecule has 8 heteroatoms. The van der Waals surface area contributed by atoms with Gasteiger partial charge in [0.25, 0.3) is 0 Å². The Morgan fingerprint density at radius 2 is 1.76 bits per heavy atom. The fraction of sp³-hybridized carbons (Fsp3) is 0.115. The third-order valence-corrected chi connectivity index (χ3v) is 5.29. The van der Waals surface area contributed by atoms with Crippen molar-refractivity contribution in [1.29, 1.82) is 0 Å². The average molecular weight is 454 g/mol. The number of hydrogen-bond donors (Lipinski definition) is 2. The van der Waals surface area contributed by atoms with Gasteiger partial charge in [0, 0.05) is 24.4 Å². The minimum absolute atomic E-state index is 0.277. The van der Waals surface area contributed by atoms with Crippen LogP contribution in [-0.4, -0.2) is 34.7 Å². The lowest BCUT2D eigenvalue weighted by molar-refractivity contribution is -0.111. The number of carbonyl (C=O) groups is 1. The molecule has 2 aromatic carbocycles. The van der Waals surface area contributed by atoms with Gasteiger partial charge < -0.3 is 25.1 Å². The molecule has 34 heavy (non-hydrogen) atoms. The Morgan fingerprint density at radius 3 is 2.38 bits per heavy atom. The normalized spacial score (nSPS) is 10.3. The van der Waals surface area contributed by atoms with Crippen LogP contribution in [0.25, 0.3) is 22.3 Å². The van der Waals surface area contributed by atoms with E-state index in [1.165, 1.54) is 12.4 Å². The maximum atomic E-state index is 11.6. The number of amides is 1. The number of carbonyl (C=O) groups excluding carboxylic acids is 1. The second kappa shape index (κ2) is 9.38. The molecule has 0 aliphatic rings. The first-order valence-electron chi connectivity index (χ1n) is 10.3. The molecule has 170 valence electrons. The SMILES string of the molecule is C=CC(=O)Nc1ccc(-c2c(C#Cc3cc(OC)cc(OC)c3)c3c(N)ncnc3n2C)cc1. The lowest BCUT2D eigenvalue weighted by Gasteiger charge is -2.07. The van der Waals surface area contributed by atoms with Gasteiger partial charge in [-0.3, -0.25) is 4.79 Å². The van der Waals surface area contributed by atoms with Crippen LogP contribution in [0.1, 0.15) is 11.1 Å². The number of benzene rings is 2. The van der Waals surface area contributed by atoms with Gasteiger partial charge in [0.15, 0.2) is 0 Å². The first-order chi connectivity index (χ1) is 16.4. The number of nitrogens with zero attached hydrogens (tertiary/aromatic N) is 3. The number of nitrogen functional groups attached to an aromatic ring is 1. The molecular weight excluding hydrogens is 430 g/mol. The monoisotopic (exact) mass is 453 g/mol. The zero-order valence-electron chi connectivity index (χ0n) is 19.0. The second-order valence-corrected chi connectivity index (χ2v) is 7.36. The van der Waals surface area contributed by atoms with Gasteiger partial charge in [-0.15, -0.1) is 0 Å². The van der Waals surface area contributed by atoms with Crippen LogP contribution >= 0.6 is 0 Å². The highest BCUT2D eigenvalue weighted by molar-refractivity contribution is 6.00. The Labute approximate surface area is 197 Å². The van der Waals surface area contributed by atoms with E-state index >= 15 is 0 Å². The van der Waals surface area contributed by atoms with Crippen molar-refractivity contribution in [3.8, 4) is 34.6 Å². The fourth-order valence-corrected chi connectivity index (χ4v) is 3.65. The number of ether oxygens (including phenoxy) is 2. The van der Waals surface area contributed by atoms with Crippen LogP contribution in [0, 0.1) is 11.8 Å². The van der Waals surface area contributed by atoms with Gasteiger partial charge in [0.2, 0.25) is 5.91 Å². The molecule has 0 saturated heterocycles. The summed E-state index contributed by atoms with van der Waals surface area (Å²) < 4.78 is 12.6. The number of rotatable bonds is 5. The molecule has 0 unspecified atom stereocenters. The molecule has 0 radical (unpaired) electrons. The van der Waals surface area contributed by atoms with Crippen LogP contribution in [0.15, 0.2) is 61.4 Å². The molecule has 1 amide bonds. The Hall–Kier alpha value is -4.77. The quantitative estimate of drug-likeness (QED) is 0.352. The smallest absolute Gasteiger partial charge is 0.247 e. The third kappa shape index (κ3) is 4.27. The van der Waals surface area contributed by atoms with Crippen molar-refractivity contribution in [2.45, 2.75) is 0 Å². The fourth-order valence-electron chi connectivity index (χ4n) is 3.65. The van der Waals surface area contributed by atoms with Gasteiger partial charge in [-0.25, -0.2) is 9.97 Å². The standard InChI is InChI=1S/C26H23N5O3/c1-5-22(32)30-18-9-7-17(8-10-18)24-21(23-25(27)28-15-29-26(23)31(24)2)11-6-16-12-19(33-3)14-20(13-16)34-4/h5,7-10,12-15H,1H2,2-4H3,(H,30,32)(H2,27,28,29). The highest BCUT2D eigenvalue weighted by Crippen LogP contribution is 2.34. The lowest BCUT2D eigenvalue weighted by Crippen LogP contribution is -2.06. The van der Waals surface area contributed by atoms with Crippen molar-refractivity contribution >= 4 is 28.4 Å². The van der Waals surface area contributed by atoms with E-state index in [0.717, 1.165) is 16.8 Å². The zero-order chi connectivity index (χ0) is 24.2. The Morgan fingerprint density at radius 1 is 1.09 bits per heavy atom. The van der Waals surface area contributed by atoms with E-state index in [2.05, 4.69) is 33.7 Å². The van der Waals surface area contributed by atoms with Gasteiger partial charge in [-0.2, -0.15) is 0 Å². The number of fused-ring (bicyclic) bond motifs is 1. The van der Waals surface area contributed by atoms with Crippen molar-refractivity contribution in [1.82, 2.24) is 14.5 Å². The van der Waals surface area contributed by atoms with E-state index in [1.54, 1.807) is 20.3 Å². The maximum absolute atomic E-state index is 11.6. The molecule has 4 aromatic rings. The van der Waals surface area contributed by atoms with Crippen LogP contribution in [0.2, 0.25) is 0 Å². The molecule has 0 aliphatic carbocycles. The number of methoxy groups -OCH3 is 2. The molecule has 0 fully saturated rings. The van der Waals surface area contributed by atoms with Gasteiger partial charge in [-0.1, -0.05) is 30.6 Å². The highest BCUT2D eigenvalue weighted by atomic mass is 16.5. The number of nitrogens with one attached hydrogen (secondary N) is 1. The van der Waals surface area contributed by atoms with Gasteiger partial charge in [-0.05, 0) is 35.9 Å². The summed E-state index contributed by atoms with van der Waals surface area (Å²) in [6, 6.07) is 12.9. The van der Waals surface area contributed by atoms with Crippen LogP contribution in [0.4, 0.5) is 11.5 Å². The van der Waals surface area contributed by atoms with Crippen LogP contribution in [-0.2, 0) is 11.8 Å². The second-order valence-electron chi connectivity index (χ2n) is 7.36. The van der Waals surface area contributed by atoms with Gasteiger partial charge in [0.1, 0.15) is 29.3 Å². The highest BCUT2D eigenvalue weighted by Gasteiger charge is 2.19. The van der Waals surface area contributed by atoms with Gasteiger partial charge >= 0.3 is 0 Å². The number of aryl methyl sites for hydroxylation is 1. The molecule has 4 rings (SSSR count). The third-order valence-electron chi connectivity index (χ3n) is 5.29. The summed E-state index contributed by atoms with van der Waals surface area (Å²) in [5.74, 6) is 7.81.